The van der Waals surface area contributed by atoms with Gasteiger partial charge >= 0.3 is 6.03 Å². The molecular formula is C19H16N2O3. The number of nitrogens with one attached hydrogen (secondary N) is 2. The number of aliphatic hydroxyl groups is 1. The second-order valence-corrected chi connectivity index (χ2v) is 6.21. The second-order valence-electron chi connectivity index (χ2n) is 6.21. The quantitative estimate of drug-likeness (QED) is 0.740. The summed E-state index contributed by atoms with van der Waals surface area (Å²) in [5, 5.41) is 16.4. The summed E-state index contributed by atoms with van der Waals surface area (Å²) in [5.74, 6) is -0.437. The van der Waals surface area contributed by atoms with Gasteiger partial charge in [-0.3, -0.25) is 10.1 Å². The van der Waals surface area contributed by atoms with E-state index < -0.39 is 23.1 Å². The molecule has 5 heteroatoms. The fourth-order valence-corrected chi connectivity index (χ4v) is 3.56. The first kappa shape index (κ1) is 14.7. The summed E-state index contributed by atoms with van der Waals surface area (Å²) in [4.78, 5) is 24.0. The van der Waals surface area contributed by atoms with Gasteiger partial charge in [-0.1, -0.05) is 60.7 Å². The van der Waals surface area contributed by atoms with Crippen molar-refractivity contribution < 1.29 is 14.7 Å². The zero-order chi connectivity index (χ0) is 16.8. The Bertz CT molecular complexity index is 847. The van der Waals surface area contributed by atoms with E-state index in [1.165, 1.54) is 0 Å². The molecule has 0 unspecified atom stereocenters. The molecule has 1 spiro atoms. The molecule has 1 heterocycles. The van der Waals surface area contributed by atoms with Crippen molar-refractivity contribution in [2.45, 2.75) is 17.6 Å². The Labute approximate surface area is 139 Å². The highest BCUT2D eigenvalue weighted by Gasteiger charge is 2.56. The maximum Gasteiger partial charge on any atom is 0.322 e. The van der Waals surface area contributed by atoms with Crippen LogP contribution in [0.5, 0.6) is 0 Å². The Morgan fingerprint density at radius 3 is 2.12 bits per heavy atom. The van der Waals surface area contributed by atoms with E-state index in [1.807, 2.05) is 60.7 Å². The third-order valence-electron chi connectivity index (χ3n) is 4.68. The minimum absolute atomic E-state index is 0.0613. The highest BCUT2D eigenvalue weighted by Crippen LogP contribution is 2.49. The van der Waals surface area contributed by atoms with Gasteiger partial charge in [-0.05, 0) is 22.8 Å². The third-order valence-corrected chi connectivity index (χ3v) is 4.68. The fourth-order valence-electron chi connectivity index (χ4n) is 3.56. The van der Waals surface area contributed by atoms with Crippen LogP contribution in [0.1, 0.15) is 17.5 Å². The van der Waals surface area contributed by atoms with E-state index in [9.17, 15) is 14.7 Å². The highest BCUT2D eigenvalue weighted by molar-refractivity contribution is 6.10. The average molecular weight is 320 g/mol. The lowest BCUT2D eigenvalue weighted by Crippen LogP contribution is -2.46. The topological polar surface area (TPSA) is 78.4 Å². The van der Waals surface area contributed by atoms with Crippen LogP contribution in [0.15, 0.2) is 66.7 Å². The van der Waals surface area contributed by atoms with Crippen LogP contribution in [-0.4, -0.2) is 22.6 Å². The van der Waals surface area contributed by atoms with E-state index in [4.69, 9.17) is 0 Å². The Morgan fingerprint density at radius 2 is 1.54 bits per heavy atom. The summed E-state index contributed by atoms with van der Waals surface area (Å²) in [7, 11) is 0. The molecule has 0 radical (unpaired) electrons. The molecule has 1 saturated heterocycles. The van der Waals surface area contributed by atoms with Crippen molar-refractivity contribution in [1.29, 1.82) is 0 Å². The number of amides is 3. The summed E-state index contributed by atoms with van der Waals surface area (Å²) in [6.45, 7) is 0. The lowest BCUT2D eigenvalue weighted by molar-refractivity contribution is -0.123. The highest BCUT2D eigenvalue weighted by atomic mass is 16.3. The Balaban J connectivity index is 1.90. The molecule has 2 atom stereocenters. The van der Waals surface area contributed by atoms with Crippen LogP contribution in [0.25, 0.3) is 5.57 Å². The van der Waals surface area contributed by atoms with Crippen molar-refractivity contribution in [2.24, 2.45) is 0 Å². The number of carbonyl (C=O) groups excluding carboxylic acids is 2. The smallest absolute Gasteiger partial charge is 0.322 e. The van der Waals surface area contributed by atoms with Crippen LogP contribution in [0.3, 0.4) is 0 Å². The molecule has 2 aromatic rings. The molecule has 0 saturated carbocycles. The summed E-state index contributed by atoms with van der Waals surface area (Å²) < 4.78 is 0. The van der Waals surface area contributed by atoms with Gasteiger partial charge in [0.05, 0.1) is 0 Å². The van der Waals surface area contributed by atoms with E-state index in [1.54, 1.807) is 6.08 Å². The molecule has 0 bridgehead atoms. The lowest BCUT2D eigenvalue weighted by atomic mass is 9.82. The number of rotatable bonds is 2. The van der Waals surface area contributed by atoms with Crippen molar-refractivity contribution >= 4 is 17.5 Å². The minimum Gasteiger partial charge on any atom is -0.380 e. The van der Waals surface area contributed by atoms with E-state index in [0.717, 1.165) is 5.56 Å². The molecule has 4 rings (SSSR count). The van der Waals surface area contributed by atoms with Gasteiger partial charge in [-0.2, -0.15) is 0 Å². The summed E-state index contributed by atoms with van der Waals surface area (Å²) in [5.41, 5.74) is -0.475. The van der Waals surface area contributed by atoms with Gasteiger partial charge in [0, 0.05) is 6.42 Å². The molecule has 0 aromatic heterocycles. The van der Waals surface area contributed by atoms with Crippen LogP contribution in [0, 0.1) is 0 Å². The van der Waals surface area contributed by atoms with E-state index in [-0.39, 0.29) is 6.42 Å². The van der Waals surface area contributed by atoms with Crippen molar-refractivity contribution in [3.63, 3.8) is 0 Å². The predicted octanol–water partition coefficient (Wildman–Crippen LogP) is 1.94. The Morgan fingerprint density at radius 1 is 0.917 bits per heavy atom. The molecule has 120 valence electrons. The van der Waals surface area contributed by atoms with E-state index in [0.29, 0.717) is 11.1 Å². The van der Waals surface area contributed by atoms with Gasteiger partial charge in [0.1, 0.15) is 11.1 Å². The molecule has 24 heavy (non-hydrogen) atoms. The maximum atomic E-state index is 12.4. The first-order valence-electron chi connectivity index (χ1n) is 7.74. The SMILES string of the molecule is O=C1NC(=O)[C@@]2(C=C(c3ccccc3)[C@@](O)(c3ccccc3)C2)N1. The number of hydrogen-bond acceptors (Lipinski definition) is 3. The van der Waals surface area contributed by atoms with E-state index >= 15 is 0 Å². The number of urea groups is 1. The largest absolute Gasteiger partial charge is 0.380 e. The first-order chi connectivity index (χ1) is 11.5. The van der Waals surface area contributed by atoms with Gasteiger partial charge in [-0.25, -0.2) is 4.79 Å². The fraction of sp³-hybridized carbons (Fsp3) is 0.158. The number of hydrogen-bond donors (Lipinski definition) is 3. The standard InChI is InChI=1S/C19H16N2O3/c22-16-18(21-17(23)20-16)11-15(13-7-3-1-4-8-13)19(24,12-18)14-9-5-2-6-10-14/h1-11,24H,12H2,(H2,20,21,22,23)/t18-,19-/m0/s1. The molecule has 2 aliphatic rings. The van der Waals surface area contributed by atoms with Crippen LogP contribution < -0.4 is 10.6 Å². The molecule has 1 aliphatic carbocycles. The summed E-state index contributed by atoms with van der Waals surface area (Å²) in [6, 6.07) is 18.1. The maximum absolute atomic E-state index is 12.4. The Hall–Kier alpha value is -2.92. The van der Waals surface area contributed by atoms with E-state index in [2.05, 4.69) is 10.6 Å². The van der Waals surface area contributed by atoms with Gasteiger partial charge in [0.2, 0.25) is 0 Å². The average Bonchev–Trinajstić information content (AvgIpc) is 3.05. The number of imide groups is 1. The molecular weight excluding hydrogens is 304 g/mol. The molecule has 1 fully saturated rings. The van der Waals surface area contributed by atoms with Crippen LogP contribution in [0.2, 0.25) is 0 Å². The minimum atomic E-state index is -1.36. The van der Waals surface area contributed by atoms with Gasteiger partial charge in [-0.15, -0.1) is 0 Å². The van der Waals surface area contributed by atoms with Crippen LogP contribution in [-0.2, 0) is 10.4 Å². The van der Waals surface area contributed by atoms with Gasteiger partial charge in [0.15, 0.2) is 0 Å². The monoisotopic (exact) mass is 320 g/mol. The lowest BCUT2D eigenvalue weighted by Gasteiger charge is -2.29. The summed E-state index contributed by atoms with van der Waals surface area (Å²) >= 11 is 0. The first-order valence-corrected chi connectivity index (χ1v) is 7.74. The van der Waals surface area contributed by atoms with Gasteiger partial charge in [0.25, 0.3) is 5.91 Å². The van der Waals surface area contributed by atoms with Crippen molar-refractivity contribution in [3.8, 4) is 0 Å². The van der Waals surface area contributed by atoms with Crippen molar-refractivity contribution in [3.05, 3.63) is 77.9 Å². The number of benzene rings is 2. The molecule has 3 amide bonds. The molecule has 2 aromatic carbocycles. The molecule has 1 aliphatic heterocycles. The van der Waals surface area contributed by atoms with Crippen LogP contribution in [0.4, 0.5) is 4.79 Å². The molecule has 5 nitrogen and oxygen atoms in total. The van der Waals surface area contributed by atoms with Crippen molar-refractivity contribution in [2.75, 3.05) is 0 Å². The summed E-state index contributed by atoms with van der Waals surface area (Å²) in [6.07, 6.45) is 1.74. The molecule has 3 N–H and O–H groups in total. The van der Waals surface area contributed by atoms with Crippen molar-refractivity contribution in [1.82, 2.24) is 10.6 Å². The zero-order valence-electron chi connectivity index (χ0n) is 12.8. The Kier molecular flexibility index (Phi) is 3.08. The third kappa shape index (κ3) is 2.06. The second kappa shape index (κ2) is 5.04. The normalized spacial score (nSPS) is 28.6. The predicted molar refractivity (Wildman–Crippen MR) is 88.8 cm³/mol. The van der Waals surface area contributed by atoms with Gasteiger partial charge < -0.3 is 10.4 Å². The zero-order valence-corrected chi connectivity index (χ0v) is 12.8. The number of carbonyl (C=O) groups is 2. The van der Waals surface area contributed by atoms with Crippen LogP contribution >= 0.6 is 0 Å².